The van der Waals surface area contributed by atoms with E-state index in [0.29, 0.717) is 36.4 Å². The summed E-state index contributed by atoms with van der Waals surface area (Å²) in [6, 6.07) is 5.89. The Balaban J connectivity index is 1.78. The third kappa shape index (κ3) is 3.96. The third-order valence-electron chi connectivity index (χ3n) is 8.09. The lowest BCUT2D eigenvalue weighted by molar-refractivity contribution is -0.156. The summed E-state index contributed by atoms with van der Waals surface area (Å²) in [6.45, 7) is 8.02. The molecular weight excluding hydrogens is 472 g/mol. The summed E-state index contributed by atoms with van der Waals surface area (Å²) in [4.78, 5) is 43.5. The van der Waals surface area contributed by atoms with Gasteiger partial charge in [0.1, 0.15) is 17.6 Å². The van der Waals surface area contributed by atoms with Gasteiger partial charge in [-0.2, -0.15) is 0 Å². The molecule has 0 saturated carbocycles. The smallest absolute Gasteiger partial charge is 0.310 e. The molecule has 0 radical (unpaired) electrons. The number of hydrogen-bond donors (Lipinski definition) is 2. The molecule has 8 nitrogen and oxygen atoms in total. The lowest BCUT2D eigenvalue weighted by Gasteiger charge is -2.37. The molecule has 3 aliphatic rings. The van der Waals surface area contributed by atoms with Crippen LogP contribution in [0.4, 0.5) is 5.69 Å². The van der Waals surface area contributed by atoms with Gasteiger partial charge in [0.05, 0.1) is 11.5 Å². The number of amides is 2. The van der Waals surface area contributed by atoms with Crippen LogP contribution >= 0.6 is 11.6 Å². The third-order valence-corrected chi connectivity index (χ3v) is 8.34. The van der Waals surface area contributed by atoms with Crippen molar-refractivity contribution in [1.82, 2.24) is 4.90 Å². The van der Waals surface area contributed by atoms with E-state index in [-0.39, 0.29) is 37.4 Å². The number of aliphatic hydroxyl groups excluding tert-OH is 1. The van der Waals surface area contributed by atoms with E-state index in [1.807, 2.05) is 6.92 Å². The van der Waals surface area contributed by atoms with Crippen molar-refractivity contribution in [2.75, 3.05) is 24.6 Å². The molecule has 0 aromatic heterocycles. The average Bonchev–Trinajstić information content (AvgIpc) is 3.32. The number of benzene rings is 1. The maximum absolute atomic E-state index is 14.3. The summed E-state index contributed by atoms with van der Waals surface area (Å²) in [6.07, 6.45) is 3.90. The number of hydrogen-bond acceptors (Lipinski definition) is 5. The highest BCUT2D eigenvalue weighted by Gasteiger charge is 2.80. The van der Waals surface area contributed by atoms with Gasteiger partial charge in [-0.1, -0.05) is 24.6 Å². The topological polar surface area (TPSA) is 107 Å². The van der Waals surface area contributed by atoms with E-state index in [1.54, 1.807) is 42.2 Å². The first kappa shape index (κ1) is 25.7. The fourth-order valence-electron chi connectivity index (χ4n) is 6.43. The lowest BCUT2D eigenvalue weighted by Crippen LogP contribution is -2.56. The molecule has 1 aromatic carbocycles. The standard InChI is InChI=1S/C26H33ClN2O6/c1-4-12-28(18-10-8-17(27)9-11-18)23(32)21-26-15-16(2)25(3,35-26)20(24(33)34)19(26)22(31)29(21)13-6-5-7-14-30/h4,8-11,16,19-21,30H,1,5-7,12-15H2,2-3H3,(H,33,34)/t16?,19-,20+,21?,25-,26?/m0/s1. The average molecular weight is 505 g/mol. The molecule has 1 aromatic rings. The van der Waals surface area contributed by atoms with Gasteiger partial charge in [-0.25, -0.2) is 0 Å². The molecular formula is C26H33ClN2O6. The summed E-state index contributed by atoms with van der Waals surface area (Å²) < 4.78 is 6.52. The number of carboxylic acid groups (broad SMARTS) is 1. The van der Waals surface area contributed by atoms with Crippen LogP contribution in [0.1, 0.15) is 39.5 Å². The van der Waals surface area contributed by atoms with E-state index in [9.17, 15) is 19.5 Å². The number of aliphatic hydroxyl groups is 1. The number of rotatable bonds is 10. The first-order chi connectivity index (χ1) is 16.6. The first-order valence-electron chi connectivity index (χ1n) is 12.1. The predicted octanol–water partition coefficient (Wildman–Crippen LogP) is 3.12. The molecule has 4 rings (SSSR count). The second-order valence-electron chi connectivity index (χ2n) is 10.1. The quantitative estimate of drug-likeness (QED) is 0.374. The molecule has 1 spiro atoms. The zero-order chi connectivity index (χ0) is 25.5. The van der Waals surface area contributed by atoms with Crippen LogP contribution in [0.2, 0.25) is 5.02 Å². The van der Waals surface area contributed by atoms with Crippen molar-refractivity contribution in [2.24, 2.45) is 17.8 Å². The van der Waals surface area contributed by atoms with Crippen LogP contribution in [0, 0.1) is 17.8 Å². The zero-order valence-corrected chi connectivity index (χ0v) is 20.9. The Hall–Kier alpha value is -2.42. The van der Waals surface area contributed by atoms with Gasteiger partial charge in [-0.15, -0.1) is 6.58 Å². The summed E-state index contributed by atoms with van der Waals surface area (Å²) in [5.74, 6) is -3.84. The largest absolute Gasteiger partial charge is 0.481 e. The minimum atomic E-state index is -1.21. The van der Waals surface area contributed by atoms with Gasteiger partial charge in [0, 0.05) is 30.4 Å². The normalized spacial score (nSPS) is 33.1. The molecule has 3 aliphatic heterocycles. The second kappa shape index (κ2) is 9.56. The van der Waals surface area contributed by atoms with E-state index < -0.39 is 35.0 Å². The van der Waals surface area contributed by atoms with Crippen LogP contribution < -0.4 is 4.90 Å². The molecule has 3 saturated heterocycles. The molecule has 2 amide bonds. The van der Waals surface area contributed by atoms with Gasteiger partial charge >= 0.3 is 5.97 Å². The molecule has 3 heterocycles. The molecule has 3 fully saturated rings. The Kier molecular flexibility index (Phi) is 7.01. The van der Waals surface area contributed by atoms with Gasteiger partial charge in [0.25, 0.3) is 5.91 Å². The van der Waals surface area contributed by atoms with E-state index in [1.165, 1.54) is 4.90 Å². The minimum absolute atomic E-state index is 0.0482. The maximum atomic E-state index is 14.3. The summed E-state index contributed by atoms with van der Waals surface area (Å²) in [7, 11) is 0. The molecule has 2 N–H and O–H groups in total. The van der Waals surface area contributed by atoms with Crippen molar-refractivity contribution in [3.8, 4) is 0 Å². The highest BCUT2D eigenvalue weighted by Crippen LogP contribution is 2.65. The van der Waals surface area contributed by atoms with E-state index >= 15 is 0 Å². The van der Waals surface area contributed by atoms with E-state index in [2.05, 4.69) is 6.58 Å². The number of carbonyl (C=O) groups excluding carboxylic acids is 2. The molecule has 6 atom stereocenters. The Labute approximate surface area is 210 Å². The lowest BCUT2D eigenvalue weighted by atomic mass is 9.62. The number of halogens is 1. The molecule has 35 heavy (non-hydrogen) atoms. The minimum Gasteiger partial charge on any atom is -0.481 e. The number of anilines is 1. The summed E-state index contributed by atoms with van der Waals surface area (Å²) >= 11 is 6.06. The number of fused-ring (bicyclic) bond motifs is 1. The van der Waals surface area contributed by atoms with Crippen LogP contribution in [-0.2, 0) is 19.1 Å². The van der Waals surface area contributed by atoms with Crippen LogP contribution in [0.3, 0.4) is 0 Å². The van der Waals surface area contributed by atoms with Crippen molar-refractivity contribution in [3.05, 3.63) is 41.9 Å². The van der Waals surface area contributed by atoms with E-state index in [0.717, 1.165) is 0 Å². The Morgan fingerprint density at radius 1 is 1.29 bits per heavy atom. The van der Waals surface area contributed by atoms with Crippen molar-refractivity contribution in [3.63, 3.8) is 0 Å². The Morgan fingerprint density at radius 2 is 1.97 bits per heavy atom. The van der Waals surface area contributed by atoms with Crippen molar-refractivity contribution < 1.29 is 29.3 Å². The predicted molar refractivity (Wildman–Crippen MR) is 131 cm³/mol. The van der Waals surface area contributed by atoms with Gasteiger partial charge in [-0.05, 0) is 62.8 Å². The van der Waals surface area contributed by atoms with Gasteiger partial charge in [0.15, 0.2) is 0 Å². The molecule has 2 bridgehead atoms. The van der Waals surface area contributed by atoms with Gasteiger partial charge < -0.3 is 24.7 Å². The fourth-order valence-corrected chi connectivity index (χ4v) is 6.55. The number of ether oxygens (including phenoxy) is 1. The maximum Gasteiger partial charge on any atom is 0.310 e. The number of nitrogens with zero attached hydrogens (tertiary/aromatic N) is 2. The molecule has 9 heteroatoms. The molecule has 190 valence electrons. The molecule has 3 unspecified atom stereocenters. The molecule has 0 aliphatic carbocycles. The second-order valence-corrected chi connectivity index (χ2v) is 10.5. The van der Waals surface area contributed by atoms with Crippen LogP contribution in [0.25, 0.3) is 0 Å². The van der Waals surface area contributed by atoms with Crippen LogP contribution in [-0.4, -0.2) is 69.8 Å². The SMILES string of the molecule is C=CCN(C(=O)C1N(CCCCCO)C(=O)[C@@H]2[C@H](C(=O)O)[C@@]3(C)OC12CC3C)c1ccc(Cl)cc1. The van der Waals surface area contributed by atoms with E-state index in [4.69, 9.17) is 21.4 Å². The van der Waals surface area contributed by atoms with Crippen LogP contribution in [0.15, 0.2) is 36.9 Å². The Bertz CT molecular complexity index is 1020. The van der Waals surface area contributed by atoms with Gasteiger partial charge in [-0.3, -0.25) is 14.4 Å². The summed E-state index contributed by atoms with van der Waals surface area (Å²) in [5.41, 5.74) is -1.64. The van der Waals surface area contributed by atoms with Crippen LogP contribution in [0.5, 0.6) is 0 Å². The number of unbranched alkanes of at least 4 members (excludes halogenated alkanes) is 2. The van der Waals surface area contributed by atoms with Crippen molar-refractivity contribution in [2.45, 2.75) is 56.8 Å². The zero-order valence-electron chi connectivity index (χ0n) is 20.2. The number of likely N-dealkylation sites (tertiary alicyclic amines) is 1. The first-order valence-corrected chi connectivity index (χ1v) is 12.5. The number of aliphatic carboxylic acids is 1. The highest BCUT2D eigenvalue weighted by molar-refractivity contribution is 6.30. The van der Waals surface area contributed by atoms with Crippen molar-refractivity contribution >= 4 is 35.1 Å². The van der Waals surface area contributed by atoms with Gasteiger partial charge in [0.2, 0.25) is 5.91 Å². The Morgan fingerprint density at radius 3 is 2.57 bits per heavy atom. The summed E-state index contributed by atoms with van der Waals surface area (Å²) in [5, 5.41) is 19.8. The highest BCUT2D eigenvalue weighted by atomic mass is 35.5. The monoisotopic (exact) mass is 504 g/mol. The number of carbonyl (C=O) groups is 3. The number of carboxylic acids is 1. The van der Waals surface area contributed by atoms with Crippen molar-refractivity contribution in [1.29, 1.82) is 0 Å². The fraction of sp³-hybridized carbons (Fsp3) is 0.577.